The monoisotopic (exact) mass is 294 g/mol. The maximum absolute atomic E-state index is 11.8. The van der Waals surface area contributed by atoms with Gasteiger partial charge < -0.3 is 14.6 Å². The number of carbonyl (C=O) groups is 1. The zero-order valence-corrected chi connectivity index (χ0v) is 13.1. The summed E-state index contributed by atoms with van der Waals surface area (Å²) in [5.74, 6) is -0.0826. The van der Waals surface area contributed by atoms with Crippen LogP contribution in [0.25, 0.3) is 0 Å². The summed E-state index contributed by atoms with van der Waals surface area (Å²) in [7, 11) is 1.45. The highest BCUT2D eigenvalue weighted by molar-refractivity contribution is 5.90. The molecular formula is C17H26O4. The zero-order valence-electron chi connectivity index (χ0n) is 13.1. The number of methoxy groups -OCH3 is 1. The molecule has 0 heterocycles. The summed E-state index contributed by atoms with van der Waals surface area (Å²) in [6.45, 7) is 2.65. The molecule has 0 fully saturated rings. The first-order valence-corrected chi connectivity index (χ1v) is 7.73. The second-order valence-corrected chi connectivity index (χ2v) is 5.14. The Balaban J connectivity index is 2.22. The predicted molar refractivity (Wildman–Crippen MR) is 82.9 cm³/mol. The van der Waals surface area contributed by atoms with E-state index < -0.39 is 0 Å². The Morgan fingerprint density at radius 1 is 1.10 bits per heavy atom. The molecule has 0 radical (unpaired) electrons. The highest BCUT2D eigenvalue weighted by Crippen LogP contribution is 2.26. The van der Waals surface area contributed by atoms with Crippen molar-refractivity contribution in [1.82, 2.24) is 0 Å². The minimum atomic E-state index is -0.376. The van der Waals surface area contributed by atoms with Crippen LogP contribution in [0.5, 0.6) is 11.5 Å². The van der Waals surface area contributed by atoms with E-state index in [4.69, 9.17) is 9.47 Å². The predicted octanol–water partition coefficient (Wildman–Crippen LogP) is 4.31. The van der Waals surface area contributed by atoms with Gasteiger partial charge in [0.2, 0.25) is 0 Å². The van der Waals surface area contributed by atoms with E-state index in [1.165, 1.54) is 57.4 Å². The van der Waals surface area contributed by atoms with E-state index in [0.29, 0.717) is 12.2 Å². The Labute approximate surface area is 127 Å². The molecule has 0 aliphatic rings. The molecule has 0 atom stereocenters. The Hall–Kier alpha value is -1.71. The Bertz CT molecular complexity index is 429. The number of benzene rings is 1. The SMILES string of the molecule is CCCCCCCCCOC(=O)c1ccc(O)c(OC)c1. The molecule has 1 rings (SSSR count). The van der Waals surface area contributed by atoms with Crippen LogP contribution in [-0.2, 0) is 4.74 Å². The molecule has 0 amide bonds. The summed E-state index contributed by atoms with van der Waals surface area (Å²) in [4.78, 5) is 11.8. The lowest BCUT2D eigenvalue weighted by molar-refractivity contribution is 0.0497. The molecule has 0 spiro atoms. The molecule has 1 N–H and O–H groups in total. The van der Waals surface area contributed by atoms with E-state index in [2.05, 4.69) is 6.92 Å². The lowest BCUT2D eigenvalue weighted by atomic mass is 10.1. The largest absolute Gasteiger partial charge is 0.504 e. The number of phenolic OH excluding ortho intramolecular Hbond substituents is 1. The van der Waals surface area contributed by atoms with Crippen molar-refractivity contribution in [3.63, 3.8) is 0 Å². The number of aromatic hydroxyl groups is 1. The summed E-state index contributed by atoms with van der Waals surface area (Å²) in [5, 5.41) is 9.47. The summed E-state index contributed by atoms with van der Waals surface area (Å²) >= 11 is 0. The average molecular weight is 294 g/mol. The number of unbranched alkanes of at least 4 members (excludes halogenated alkanes) is 6. The van der Waals surface area contributed by atoms with Crippen LogP contribution >= 0.6 is 0 Å². The molecule has 0 saturated carbocycles. The highest BCUT2D eigenvalue weighted by Gasteiger charge is 2.10. The van der Waals surface area contributed by atoms with Gasteiger partial charge >= 0.3 is 5.97 Å². The number of ether oxygens (including phenoxy) is 2. The molecular weight excluding hydrogens is 268 g/mol. The molecule has 21 heavy (non-hydrogen) atoms. The molecule has 4 nitrogen and oxygen atoms in total. The summed E-state index contributed by atoms with van der Waals surface area (Å²) < 4.78 is 10.2. The maximum atomic E-state index is 11.8. The summed E-state index contributed by atoms with van der Waals surface area (Å²) in [5.41, 5.74) is 0.396. The van der Waals surface area contributed by atoms with Crippen molar-refractivity contribution in [3.05, 3.63) is 23.8 Å². The number of hydrogen-bond acceptors (Lipinski definition) is 4. The zero-order chi connectivity index (χ0) is 15.5. The summed E-state index contributed by atoms with van der Waals surface area (Å²) in [6.07, 6.45) is 8.31. The van der Waals surface area contributed by atoms with Crippen LogP contribution in [0.1, 0.15) is 62.2 Å². The van der Waals surface area contributed by atoms with Gasteiger partial charge in [0, 0.05) is 0 Å². The number of carbonyl (C=O) groups excluding carboxylic acids is 1. The molecule has 0 aliphatic heterocycles. The second-order valence-electron chi connectivity index (χ2n) is 5.14. The van der Waals surface area contributed by atoms with Crippen molar-refractivity contribution in [3.8, 4) is 11.5 Å². The molecule has 1 aromatic rings. The van der Waals surface area contributed by atoms with Gasteiger partial charge in [-0.2, -0.15) is 0 Å². The van der Waals surface area contributed by atoms with Gasteiger partial charge in [-0.05, 0) is 24.6 Å². The van der Waals surface area contributed by atoms with Gasteiger partial charge in [0.05, 0.1) is 19.3 Å². The van der Waals surface area contributed by atoms with Crippen molar-refractivity contribution in [2.24, 2.45) is 0 Å². The first kappa shape index (κ1) is 17.3. The van der Waals surface area contributed by atoms with Gasteiger partial charge in [-0.25, -0.2) is 4.79 Å². The number of esters is 1. The minimum Gasteiger partial charge on any atom is -0.504 e. The van der Waals surface area contributed by atoms with Gasteiger partial charge in [0.1, 0.15) is 0 Å². The molecule has 0 bridgehead atoms. The molecule has 4 heteroatoms. The average Bonchev–Trinajstić information content (AvgIpc) is 2.50. The normalized spacial score (nSPS) is 10.4. The van der Waals surface area contributed by atoms with Crippen LogP contribution in [0.2, 0.25) is 0 Å². The van der Waals surface area contributed by atoms with Gasteiger partial charge in [-0.15, -0.1) is 0 Å². The first-order chi connectivity index (χ1) is 10.2. The van der Waals surface area contributed by atoms with E-state index >= 15 is 0 Å². The number of hydrogen-bond donors (Lipinski definition) is 1. The van der Waals surface area contributed by atoms with Crippen molar-refractivity contribution in [2.45, 2.75) is 51.9 Å². The third kappa shape index (κ3) is 6.52. The molecule has 0 aromatic heterocycles. The van der Waals surface area contributed by atoms with Crippen molar-refractivity contribution < 1.29 is 19.4 Å². The Morgan fingerprint density at radius 2 is 1.76 bits per heavy atom. The number of phenols is 1. The molecule has 0 saturated heterocycles. The van der Waals surface area contributed by atoms with E-state index in [0.717, 1.165) is 12.8 Å². The van der Waals surface area contributed by atoms with Crippen LogP contribution in [0.15, 0.2) is 18.2 Å². The van der Waals surface area contributed by atoms with E-state index in [1.807, 2.05) is 0 Å². The Kier molecular flexibility index (Phi) is 8.32. The highest BCUT2D eigenvalue weighted by atomic mass is 16.5. The minimum absolute atomic E-state index is 0.0149. The van der Waals surface area contributed by atoms with Crippen LogP contribution in [-0.4, -0.2) is 24.8 Å². The topological polar surface area (TPSA) is 55.8 Å². The van der Waals surface area contributed by atoms with Gasteiger partial charge in [0.15, 0.2) is 11.5 Å². The number of rotatable bonds is 10. The van der Waals surface area contributed by atoms with Crippen LogP contribution < -0.4 is 4.74 Å². The van der Waals surface area contributed by atoms with E-state index in [1.54, 1.807) is 0 Å². The fraction of sp³-hybridized carbons (Fsp3) is 0.588. The quantitative estimate of drug-likeness (QED) is 0.516. The Morgan fingerprint density at radius 3 is 2.43 bits per heavy atom. The van der Waals surface area contributed by atoms with Crippen LogP contribution in [0.4, 0.5) is 0 Å². The van der Waals surface area contributed by atoms with Crippen molar-refractivity contribution in [1.29, 1.82) is 0 Å². The molecule has 0 aliphatic carbocycles. The smallest absolute Gasteiger partial charge is 0.338 e. The van der Waals surface area contributed by atoms with Gasteiger partial charge in [0.25, 0.3) is 0 Å². The second kappa shape index (κ2) is 10.1. The maximum Gasteiger partial charge on any atom is 0.338 e. The molecule has 118 valence electrons. The fourth-order valence-corrected chi connectivity index (χ4v) is 2.11. The standard InChI is InChI=1S/C17H26O4/c1-3-4-5-6-7-8-9-12-21-17(19)14-10-11-15(18)16(13-14)20-2/h10-11,13,18H,3-9,12H2,1-2H3. The van der Waals surface area contributed by atoms with Crippen molar-refractivity contribution >= 4 is 5.97 Å². The third-order valence-electron chi connectivity index (χ3n) is 3.40. The third-order valence-corrected chi connectivity index (χ3v) is 3.40. The van der Waals surface area contributed by atoms with Gasteiger partial charge in [-0.1, -0.05) is 45.4 Å². The van der Waals surface area contributed by atoms with E-state index in [9.17, 15) is 9.90 Å². The summed E-state index contributed by atoms with van der Waals surface area (Å²) in [6, 6.07) is 4.45. The lowest BCUT2D eigenvalue weighted by Crippen LogP contribution is -2.06. The molecule has 0 unspecified atom stereocenters. The molecule has 1 aromatic carbocycles. The first-order valence-electron chi connectivity index (χ1n) is 7.73. The van der Waals surface area contributed by atoms with E-state index in [-0.39, 0.29) is 17.5 Å². The van der Waals surface area contributed by atoms with Crippen LogP contribution in [0.3, 0.4) is 0 Å². The lowest BCUT2D eigenvalue weighted by Gasteiger charge is -2.07. The fourth-order valence-electron chi connectivity index (χ4n) is 2.11. The van der Waals surface area contributed by atoms with Crippen LogP contribution in [0, 0.1) is 0 Å². The van der Waals surface area contributed by atoms with Gasteiger partial charge in [-0.3, -0.25) is 0 Å². The van der Waals surface area contributed by atoms with Crippen molar-refractivity contribution in [2.75, 3.05) is 13.7 Å².